The summed E-state index contributed by atoms with van der Waals surface area (Å²) in [5, 5.41) is 6.72. The Morgan fingerprint density at radius 3 is 2.76 bits per heavy atom. The molecule has 4 heteroatoms. The van der Waals surface area contributed by atoms with Gasteiger partial charge in [0, 0.05) is 12.1 Å². The first-order valence-corrected chi connectivity index (χ1v) is 8.78. The summed E-state index contributed by atoms with van der Waals surface area (Å²) in [4.78, 5) is 14.6. The van der Waals surface area contributed by atoms with Crippen molar-refractivity contribution in [3.05, 3.63) is 0 Å². The van der Waals surface area contributed by atoms with Gasteiger partial charge in [-0.2, -0.15) is 0 Å². The first kappa shape index (κ1) is 16.8. The lowest BCUT2D eigenvalue weighted by Gasteiger charge is -2.35. The zero-order chi connectivity index (χ0) is 15.2. The lowest BCUT2D eigenvalue weighted by atomic mass is 9.78. The van der Waals surface area contributed by atoms with E-state index in [4.69, 9.17) is 0 Å². The number of hydrogen-bond acceptors (Lipinski definition) is 3. The highest BCUT2D eigenvalue weighted by molar-refractivity contribution is 5.78. The summed E-state index contributed by atoms with van der Waals surface area (Å²) in [6.45, 7) is 7.34. The molecule has 1 heterocycles. The van der Waals surface area contributed by atoms with Crippen molar-refractivity contribution >= 4 is 5.91 Å². The number of hydrogen-bond donors (Lipinski definition) is 2. The average molecular weight is 295 g/mol. The van der Waals surface area contributed by atoms with Gasteiger partial charge >= 0.3 is 0 Å². The van der Waals surface area contributed by atoms with Crippen LogP contribution in [0, 0.1) is 11.8 Å². The van der Waals surface area contributed by atoms with E-state index >= 15 is 0 Å². The molecule has 4 nitrogen and oxygen atoms in total. The van der Waals surface area contributed by atoms with Crippen LogP contribution in [0.5, 0.6) is 0 Å². The Bertz CT molecular complexity index is 326. The second kappa shape index (κ2) is 8.14. The van der Waals surface area contributed by atoms with Crippen LogP contribution in [0.3, 0.4) is 0 Å². The Hall–Kier alpha value is -0.610. The Morgan fingerprint density at radius 2 is 1.95 bits per heavy atom. The number of rotatable bonds is 4. The summed E-state index contributed by atoms with van der Waals surface area (Å²) in [6, 6.07) is 0.930. The Balaban J connectivity index is 1.77. The van der Waals surface area contributed by atoms with E-state index in [0.717, 1.165) is 31.8 Å². The third-order valence-corrected chi connectivity index (χ3v) is 5.61. The second-order valence-corrected chi connectivity index (χ2v) is 7.19. The molecule has 0 aromatic rings. The summed E-state index contributed by atoms with van der Waals surface area (Å²) in [5.74, 6) is 1.55. The smallest absolute Gasteiger partial charge is 0.234 e. The number of nitrogens with zero attached hydrogens (tertiary/aromatic N) is 1. The number of carbonyl (C=O) groups excluding carboxylic acids is 1. The molecule has 4 atom stereocenters. The standard InChI is InChI=1S/C17H33N3O/c1-13-6-4-8-16(14(13)2)19-17(21)12-20(3)15-7-5-10-18-11-9-15/h13-16,18H,4-12H2,1-3H3,(H,19,21). The van der Waals surface area contributed by atoms with Crippen molar-refractivity contribution in [1.29, 1.82) is 0 Å². The predicted molar refractivity (Wildman–Crippen MR) is 87.2 cm³/mol. The highest BCUT2D eigenvalue weighted by atomic mass is 16.2. The lowest BCUT2D eigenvalue weighted by molar-refractivity contribution is -0.123. The van der Waals surface area contributed by atoms with Crippen LogP contribution in [0.1, 0.15) is 52.4 Å². The maximum absolute atomic E-state index is 12.3. The monoisotopic (exact) mass is 295 g/mol. The van der Waals surface area contributed by atoms with Gasteiger partial charge in [0.25, 0.3) is 0 Å². The van der Waals surface area contributed by atoms with Crippen LogP contribution in [0.2, 0.25) is 0 Å². The van der Waals surface area contributed by atoms with E-state index in [1.165, 1.54) is 25.7 Å². The molecule has 0 radical (unpaired) electrons. The molecule has 1 aliphatic heterocycles. The number of carbonyl (C=O) groups is 1. The third-order valence-electron chi connectivity index (χ3n) is 5.61. The molecule has 1 aliphatic carbocycles. The van der Waals surface area contributed by atoms with Crippen molar-refractivity contribution in [2.45, 2.75) is 64.5 Å². The quantitative estimate of drug-likeness (QED) is 0.834. The maximum Gasteiger partial charge on any atom is 0.234 e. The van der Waals surface area contributed by atoms with E-state index < -0.39 is 0 Å². The highest BCUT2D eigenvalue weighted by Crippen LogP contribution is 2.29. The summed E-state index contributed by atoms with van der Waals surface area (Å²) >= 11 is 0. The molecule has 2 fully saturated rings. The van der Waals surface area contributed by atoms with Crippen LogP contribution in [-0.2, 0) is 4.79 Å². The molecule has 0 bridgehead atoms. The molecule has 0 spiro atoms. The van der Waals surface area contributed by atoms with E-state index in [0.29, 0.717) is 24.5 Å². The van der Waals surface area contributed by atoms with E-state index in [-0.39, 0.29) is 5.91 Å². The summed E-state index contributed by atoms with van der Waals surface area (Å²) in [7, 11) is 2.10. The van der Waals surface area contributed by atoms with E-state index in [2.05, 4.69) is 36.4 Å². The van der Waals surface area contributed by atoms with Gasteiger partial charge in [-0.25, -0.2) is 0 Å². The molecule has 4 unspecified atom stereocenters. The van der Waals surface area contributed by atoms with Crippen molar-refractivity contribution < 1.29 is 4.79 Å². The Kier molecular flexibility index (Phi) is 6.49. The van der Waals surface area contributed by atoms with Crippen molar-refractivity contribution in [1.82, 2.24) is 15.5 Å². The summed E-state index contributed by atoms with van der Waals surface area (Å²) in [6.07, 6.45) is 7.28. The van der Waals surface area contributed by atoms with Crippen LogP contribution >= 0.6 is 0 Å². The fraction of sp³-hybridized carbons (Fsp3) is 0.941. The minimum atomic E-state index is 0.209. The van der Waals surface area contributed by atoms with Crippen molar-refractivity contribution in [2.75, 3.05) is 26.7 Å². The number of likely N-dealkylation sites (N-methyl/N-ethyl adjacent to an activating group) is 1. The minimum absolute atomic E-state index is 0.209. The molecule has 1 amide bonds. The Morgan fingerprint density at radius 1 is 1.14 bits per heavy atom. The highest BCUT2D eigenvalue weighted by Gasteiger charge is 2.28. The molecular weight excluding hydrogens is 262 g/mol. The minimum Gasteiger partial charge on any atom is -0.352 e. The first-order chi connectivity index (χ1) is 10.1. The molecule has 0 aromatic heterocycles. The van der Waals surface area contributed by atoms with E-state index in [9.17, 15) is 4.79 Å². The number of amides is 1. The topological polar surface area (TPSA) is 44.4 Å². The van der Waals surface area contributed by atoms with E-state index in [1.807, 2.05) is 0 Å². The molecule has 2 N–H and O–H groups in total. The predicted octanol–water partition coefficient (Wildman–Crippen LogP) is 2.00. The Labute approximate surface area is 130 Å². The fourth-order valence-corrected chi connectivity index (χ4v) is 3.84. The van der Waals surface area contributed by atoms with Crippen LogP contribution < -0.4 is 10.6 Å². The molecule has 2 rings (SSSR count). The van der Waals surface area contributed by atoms with Gasteiger partial charge in [-0.3, -0.25) is 9.69 Å². The van der Waals surface area contributed by atoms with Crippen molar-refractivity contribution in [3.63, 3.8) is 0 Å². The molecule has 1 saturated carbocycles. The zero-order valence-corrected chi connectivity index (χ0v) is 14.0. The lowest BCUT2D eigenvalue weighted by Crippen LogP contribution is -2.48. The maximum atomic E-state index is 12.3. The van der Waals surface area contributed by atoms with Crippen molar-refractivity contribution in [3.8, 4) is 0 Å². The zero-order valence-electron chi connectivity index (χ0n) is 14.0. The second-order valence-electron chi connectivity index (χ2n) is 7.19. The van der Waals surface area contributed by atoms with Gasteiger partial charge in [-0.05, 0) is 57.7 Å². The SMILES string of the molecule is CC1CCCC(NC(=O)CN(C)C2CCCNCC2)C1C. The van der Waals surface area contributed by atoms with Gasteiger partial charge in [-0.1, -0.05) is 26.7 Å². The summed E-state index contributed by atoms with van der Waals surface area (Å²) in [5.41, 5.74) is 0. The normalized spacial score (nSPS) is 34.5. The molecule has 21 heavy (non-hydrogen) atoms. The van der Waals surface area contributed by atoms with Gasteiger partial charge < -0.3 is 10.6 Å². The average Bonchev–Trinajstić information content (AvgIpc) is 2.73. The molecule has 122 valence electrons. The van der Waals surface area contributed by atoms with Crippen LogP contribution in [0.25, 0.3) is 0 Å². The third kappa shape index (κ3) is 4.96. The van der Waals surface area contributed by atoms with E-state index in [1.54, 1.807) is 0 Å². The molecule has 2 aliphatic rings. The van der Waals surface area contributed by atoms with Crippen LogP contribution in [-0.4, -0.2) is 49.6 Å². The molecule has 0 aromatic carbocycles. The first-order valence-electron chi connectivity index (χ1n) is 8.78. The van der Waals surface area contributed by atoms with Crippen LogP contribution in [0.15, 0.2) is 0 Å². The number of nitrogens with one attached hydrogen (secondary N) is 2. The fourth-order valence-electron chi connectivity index (χ4n) is 3.84. The van der Waals surface area contributed by atoms with Gasteiger partial charge in [0.15, 0.2) is 0 Å². The molecule has 1 saturated heterocycles. The van der Waals surface area contributed by atoms with Gasteiger partial charge in [0.1, 0.15) is 0 Å². The largest absolute Gasteiger partial charge is 0.352 e. The van der Waals surface area contributed by atoms with Crippen molar-refractivity contribution in [2.24, 2.45) is 11.8 Å². The van der Waals surface area contributed by atoms with Gasteiger partial charge in [0.2, 0.25) is 5.91 Å². The van der Waals surface area contributed by atoms with Crippen LogP contribution in [0.4, 0.5) is 0 Å². The molecular formula is C17H33N3O. The van der Waals surface area contributed by atoms with Gasteiger partial charge in [-0.15, -0.1) is 0 Å². The summed E-state index contributed by atoms with van der Waals surface area (Å²) < 4.78 is 0. The van der Waals surface area contributed by atoms with Gasteiger partial charge in [0.05, 0.1) is 6.54 Å².